The molecule has 0 aliphatic carbocycles. The molecule has 146 valence electrons. The highest BCUT2D eigenvalue weighted by molar-refractivity contribution is 7.91. The SMILES string of the molecule is CCC(CS(=O)(=O)c1ccccc1)NC(=NC)NCCc1ccc(F)cc1. The monoisotopic (exact) mass is 391 g/mol. The summed E-state index contributed by atoms with van der Waals surface area (Å²) >= 11 is 0. The predicted molar refractivity (Wildman–Crippen MR) is 107 cm³/mol. The first-order valence-corrected chi connectivity index (χ1v) is 10.6. The summed E-state index contributed by atoms with van der Waals surface area (Å²) in [6.07, 6.45) is 1.35. The summed E-state index contributed by atoms with van der Waals surface area (Å²) in [7, 11) is -1.73. The molecule has 5 nitrogen and oxygen atoms in total. The number of hydrogen-bond donors (Lipinski definition) is 2. The van der Waals surface area contributed by atoms with Crippen molar-refractivity contribution < 1.29 is 12.8 Å². The van der Waals surface area contributed by atoms with Crippen molar-refractivity contribution in [3.8, 4) is 0 Å². The van der Waals surface area contributed by atoms with E-state index in [1.165, 1.54) is 12.1 Å². The normalized spacial score (nSPS) is 13.2. The number of sulfone groups is 1. The van der Waals surface area contributed by atoms with E-state index in [1.807, 2.05) is 6.92 Å². The molecule has 0 heterocycles. The number of hydrogen-bond acceptors (Lipinski definition) is 3. The van der Waals surface area contributed by atoms with Gasteiger partial charge in [0, 0.05) is 19.6 Å². The second-order valence-electron chi connectivity index (χ2n) is 6.22. The molecule has 0 aromatic heterocycles. The number of rotatable bonds is 8. The first kappa shape index (κ1) is 20.9. The van der Waals surface area contributed by atoms with E-state index in [2.05, 4.69) is 15.6 Å². The molecular formula is C20H26FN3O2S. The summed E-state index contributed by atoms with van der Waals surface area (Å²) in [5.74, 6) is 0.286. The van der Waals surface area contributed by atoms with Crippen molar-refractivity contribution in [2.24, 2.45) is 4.99 Å². The Kier molecular flexibility index (Phi) is 7.79. The van der Waals surface area contributed by atoms with Crippen LogP contribution in [0.1, 0.15) is 18.9 Å². The summed E-state index contributed by atoms with van der Waals surface area (Å²) in [5.41, 5.74) is 1.01. The first-order chi connectivity index (χ1) is 12.9. The van der Waals surface area contributed by atoms with Gasteiger partial charge in [-0.2, -0.15) is 0 Å². The van der Waals surface area contributed by atoms with Gasteiger partial charge in [-0.15, -0.1) is 0 Å². The van der Waals surface area contributed by atoms with Gasteiger partial charge < -0.3 is 10.6 Å². The molecule has 0 fully saturated rings. The highest BCUT2D eigenvalue weighted by atomic mass is 32.2. The quantitative estimate of drug-likeness (QED) is 0.536. The zero-order chi connectivity index (χ0) is 19.7. The minimum atomic E-state index is -3.37. The van der Waals surface area contributed by atoms with Gasteiger partial charge in [-0.3, -0.25) is 4.99 Å². The van der Waals surface area contributed by atoms with Gasteiger partial charge in [0.15, 0.2) is 15.8 Å². The Morgan fingerprint density at radius 3 is 2.37 bits per heavy atom. The third-order valence-corrected chi connectivity index (χ3v) is 6.03. The number of nitrogens with zero attached hydrogens (tertiary/aromatic N) is 1. The summed E-state index contributed by atoms with van der Waals surface area (Å²) in [6, 6.07) is 14.6. The molecule has 2 aromatic carbocycles. The smallest absolute Gasteiger partial charge is 0.191 e. The van der Waals surface area contributed by atoms with Crippen LogP contribution in [0.15, 0.2) is 64.5 Å². The van der Waals surface area contributed by atoms with Gasteiger partial charge in [0.2, 0.25) is 0 Å². The van der Waals surface area contributed by atoms with E-state index in [-0.39, 0.29) is 17.6 Å². The number of guanidine groups is 1. The van der Waals surface area contributed by atoms with Crippen LogP contribution >= 0.6 is 0 Å². The van der Waals surface area contributed by atoms with Gasteiger partial charge in [0.25, 0.3) is 0 Å². The van der Waals surface area contributed by atoms with Crippen LogP contribution in [0.4, 0.5) is 4.39 Å². The molecule has 0 saturated carbocycles. The van der Waals surface area contributed by atoms with Crippen LogP contribution < -0.4 is 10.6 Å². The Balaban J connectivity index is 1.90. The summed E-state index contributed by atoms with van der Waals surface area (Å²) in [5, 5.41) is 6.35. The van der Waals surface area contributed by atoms with Gasteiger partial charge in [-0.1, -0.05) is 37.3 Å². The van der Waals surface area contributed by atoms with E-state index in [0.29, 0.717) is 30.2 Å². The van der Waals surface area contributed by atoms with Crippen LogP contribution in [0, 0.1) is 5.82 Å². The average Bonchev–Trinajstić information content (AvgIpc) is 2.68. The first-order valence-electron chi connectivity index (χ1n) is 8.94. The zero-order valence-corrected chi connectivity index (χ0v) is 16.5. The molecular weight excluding hydrogens is 365 g/mol. The lowest BCUT2D eigenvalue weighted by molar-refractivity contribution is 0.569. The van der Waals surface area contributed by atoms with Gasteiger partial charge in [-0.25, -0.2) is 12.8 Å². The van der Waals surface area contributed by atoms with E-state index < -0.39 is 9.84 Å². The Hall–Kier alpha value is -2.41. The third-order valence-electron chi connectivity index (χ3n) is 4.20. The van der Waals surface area contributed by atoms with Crippen molar-refractivity contribution in [1.29, 1.82) is 0 Å². The highest BCUT2D eigenvalue weighted by Gasteiger charge is 2.20. The third kappa shape index (κ3) is 6.67. The van der Waals surface area contributed by atoms with Gasteiger partial charge in [0.1, 0.15) is 5.82 Å². The number of halogens is 1. The van der Waals surface area contributed by atoms with Crippen molar-refractivity contribution in [3.05, 3.63) is 66.0 Å². The Labute approximate surface area is 160 Å². The van der Waals surface area contributed by atoms with Crippen molar-refractivity contribution in [2.75, 3.05) is 19.3 Å². The zero-order valence-electron chi connectivity index (χ0n) is 15.7. The molecule has 0 radical (unpaired) electrons. The average molecular weight is 392 g/mol. The number of nitrogens with one attached hydrogen (secondary N) is 2. The van der Waals surface area contributed by atoms with Crippen LogP contribution in [0.5, 0.6) is 0 Å². The molecule has 2 aromatic rings. The summed E-state index contributed by atoms with van der Waals surface area (Å²) in [4.78, 5) is 4.49. The molecule has 1 atom stereocenters. The lowest BCUT2D eigenvalue weighted by Crippen LogP contribution is -2.46. The van der Waals surface area contributed by atoms with Gasteiger partial charge >= 0.3 is 0 Å². The molecule has 0 bridgehead atoms. The molecule has 27 heavy (non-hydrogen) atoms. The van der Waals surface area contributed by atoms with E-state index >= 15 is 0 Å². The number of aliphatic imine (C=N–C) groups is 1. The molecule has 0 aliphatic heterocycles. The minimum Gasteiger partial charge on any atom is -0.356 e. The van der Waals surface area contributed by atoms with Crippen molar-refractivity contribution in [3.63, 3.8) is 0 Å². The maximum Gasteiger partial charge on any atom is 0.191 e. The fraction of sp³-hybridized carbons (Fsp3) is 0.350. The Morgan fingerprint density at radius 1 is 1.11 bits per heavy atom. The van der Waals surface area contributed by atoms with Crippen LogP contribution in [-0.4, -0.2) is 39.8 Å². The standard InChI is InChI=1S/C20H26FN3O2S/c1-3-18(15-27(25,26)19-7-5-4-6-8-19)24-20(22-2)23-14-13-16-9-11-17(21)12-10-16/h4-12,18H,3,13-15H2,1-2H3,(H2,22,23,24). The molecule has 2 N–H and O–H groups in total. The predicted octanol–water partition coefficient (Wildman–Crippen LogP) is 2.79. The molecule has 0 spiro atoms. The van der Waals surface area contributed by atoms with E-state index in [9.17, 15) is 12.8 Å². The van der Waals surface area contributed by atoms with Gasteiger partial charge in [-0.05, 0) is 42.7 Å². The van der Waals surface area contributed by atoms with Crippen LogP contribution in [0.3, 0.4) is 0 Å². The summed E-state index contributed by atoms with van der Waals surface area (Å²) < 4.78 is 38.1. The van der Waals surface area contributed by atoms with Crippen LogP contribution in [-0.2, 0) is 16.3 Å². The van der Waals surface area contributed by atoms with E-state index in [4.69, 9.17) is 0 Å². The fourth-order valence-electron chi connectivity index (χ4n) is 2.61. The maximum atomic E-state index is 12.9. The molecule has 1 unspecified atom stereocenters. The second-order valence-corrected chi connectivity index (χ2v) is 8.25. The summed E-state index contributed by atoms with van der Waals surface area (Å²) in [6.45, 7) is 2.54. The minimum absolute atomic E-state index is 0.00776. The van der Waals surface area contributed by atoms with Crippen molar-refractivity contribution in [2.45, 2.75) is 30.7 Å². The topological polar surface area (TPSA) is 70.6 Å². The lowest BCUT2D eigenvalue weighted by Gasteiger charge is -2.20. The van der Waals surface area contributed by atoms with Crippen LogP contribution in [0.2, 0.25) is 0 Å². The van der Waals surface area contributed by atoms with Gasteiger partial charge in [0.05, 0.1) is 10.6 Å². The largest absolute Gasteiger partial charge is 0.356 e. The number of benzene rings is 2. The Morgan fingerprint density at radius 2 is 1.78 bits per heavy atom. The van der Waals surface area contributed by atoms with E-state index in [1.54, 1.807) is 49.5 Å². The molecule has 0 saturated heterocycles. The molecule has 7 heteroatoms. The Bertz CT molecular complexity index is 837. The van der Waals surface area contributed by atoms with Crippen molar-refractivity contribution in [1.82, 2.24) is 10.6 Å². The second kappa shape index (κ2) is 10.1. The highest BCUT2D eigenvalue weighted by Crippen LogP contribution is 2.12. The van der Waals surface area contributed by atoms with Crippen LogP contribution in [0.25, 0.3) is 0 Å². The molecule has 2 rings (SSSR count). The molecule has 0 aliphatic rings. The lowest BCUT2D eigenvalue weighted by atomic mass is 10.1. The van der Waals surface area contributed by atoms with Crippen molar-refractivity contribution >= 4 is 15.8 Å². The fourth-order valence-corrected chi connectivity index (χ4v) is 4.23. The maximum absolute atomic E-state index is 12.9. The molecule has 0 amide bonds. The van der Waals surface area contributed by atoms with E-state index in [0.717, 1.165) is 5.56 Å².